The number of nitro benzene ring substituents is 2. The number of carbonyl (C=O) groups excluding carboxylic acids is 2. The van der Waals surface area contributed by atoms with Crippen molar-refractivity contribution in [3.05, 3.63) is 79.9 Å². The monoisotopic (exact) mass is 652 g/mol. The molecule has 0 radical (unpaired) electrons. The maximum Gasteiger partial charge on any atom is 0.397 e. The lowest BCUT2D eigenvalue weighted by atomic mass is 9.98. The predicted octanol–water partition coefficient (Wildman–Crippen LogP) is 0.633. The maximum atomic E-state index is 13.0. The van der Waals surface area contributed by atoms with Gasteiger partial charge in [-0.25, -0.2) is 18.0 Å². The fraction of sp³-hybridized carbons (Fsp3) is 0.333. The molecule has 2 aromatic rings. The Kier molecular flexibility index (Phi) is 10.4. The molecule has 0 bridgehead atoms. The van der Waals surface area contributed by atoms with E-state index >= 15 is 0 Å². The van der Waals surface area contributed by atoms with Crippen molar-refractivity contribution < 1.29 is 72.7 Å². The molecule has 0 amide bonds. The summed E-state index contributed by atoms with van der Waals surface area (Å²) in [6.07, 6.45) is -10.1. The number of nitrogens with zero attached hydrogens (tertiary/aromatic N) is 2. The van der Waals surface area contributed by atoms with Crippen LogP contribution in [-0.4, -0.2) is 92.1 Å². The number of benzene rings is 2. The summed E-state index contributed by atoms with van der Waals surface area (Å²) < 4.78 is 94.0. The zero-order valence-corrected chi connectivity index (χ0v) is 23.0. The highest BCUT2D eigenvalue weighted by molar-refractivity contribution is 7.81. The number of hydrogen-bond acceptors (Lipinski definition) is 16. The molecule has 2 aromatic carbocycles. The third-order valence-corrected chi connectivity index (χ3v) is 6.45. The van der Waals surface area contributed by atoms with E-state index in [2.05, 4.69) is 8.37 Å². The Hall–Kier alpha value is -4.16. The first kappa shape index (κ1) is 33.3. The lowest BCUT2D eigenvalue weighted by molar-refractivity contribution is -0.385. The van der Waals surface area contributed by atoms with Crippen molar-refractivity contribution >= 4 is 44.1 Å². The third-order valence-electron chi connectivity index (χ3n) is 5.55. The van der Waals surface area contributed by atoms with E-state index in [4.69, 9.17) is 23.5 Å². The fourth-order valence-electron chi connectivity index (χ4n) is 3.69. The maximum absolute atomic E-state index is 13.0. The van der Waals surface area contributed by atoms with E-state index in [0.29, 0.717) is 0 Å². The molecule has 1 aliphatic heterocycles. The van der Waals surface area contributed by atoms with Crippen LogP contribution in [0.1, 0.15) is 20.7 Å². The second-order valence-electron chi connectivity index (χ2n) is 8.33. The van der Waals surface area contributed by atoms with E-state index in [0.717, 1.165) is 55.6 Å². The largest absolute Gasteiger partial charge is 0.452 e. The normalized spacial score (nSPS) is 22.3. The summed E-state index contributed by atoms with van der Waals surface area (Å²) in [6, 6.07) is 7.70. The number of ether oxygens (including phenoxy) is 4. The van der Waals surface area contributed by atoms with E-state index in [-0.39, 0.29) is 16.8 Å². The number of carbonyl (C=O) groups is 2. The van der Waals surface area contributed by atoms with Crippen molar-refractivity contribution in [2.45, 2.75) is 30.7 Å². The Balaban J connectivity index is 2.04. The number of rotatable bonds is 12. The minimum atomic E-state index is -5.46. The van der Waals surface area contributed by atoms with Gasteiger partial charge in [0.15, 0.2) is 18.5 Å². The Bertz CT molecular complexity index is 1580. The number of methoxy groups -OCH3 is 1. The Morgan fingerprint density at radius 2 is 1.23 bits per heavy atom. The van der Waals surface area contributed by atoms with Crippen LogP contribution in [0, 0.1) is 20.2 Å². The molecule has 5 atom stereocenters. The van der Waals surface area contributed by atoms with E-state index in [1.54, 1.807) is 0 Å². The van der Waals surface area contributed by atoms with E-state index in [1.165, 1.54) is 0 Å². The zero-order valence-electron chi connectivity index (χ0n) is 21.3. The van der Waals surface area contributed by atoms with Crippen LogP contribution in [0.5, 0.6) is 0 Å². The van der Waals surface area contributed by atoms with Gasteiger partial charge in [0, 0.05) is 31.4 Å². The summed E-state index contributed by atoms with van der Waals surface area (Å²) in [7, 11) is -9.65. The minimum absolute atomic E-state index is 0.287. The second kappa shape index (κ2) is 13.4. The summed E-state index contributed by atoms with van der Waals surface area (Å²) >= 11 is 0. The van der Waals surface area contributed by atoms with Gasteiger partial charge in [0.1, 0.15) is 12.2 Å². The Morgan fingerprint density at radius 1 is 0.791 bits per heavy atom. The van der Waals surface area contributed by atoms with Gasteiger partial charge in [-0.1, -0.05) is 0 Å². The lowest BCUT2D eigenvalue weighted by Gasteiger charge is -2.43. The van der Waals surface area contributed by atoms with Gasteiger partial charge in [-0.05, 0) is 24.3 Å². The number of hydrogen-bond donors (Lipinski definition) is 2. The lowest BCUT2D eigenvalue weighted by Crippen LogP contribution is -2.63. The molecule has 22 heteroatoms. The topological polar surface area (TPSA) is 285 Å². The van der Waals surface area contributed by atoms with Crippen LogP contribution in [-0.2, 0) is 48.1 Å². The molecule has 20 nitrogen and oxygen atoms in total. The molecule has 1 heterocycles. The summed E-state index contributed by atoms with van der Waals surface area (Å²) in [5.41, 5.74) is -1.43. The number of nitro groups is 2. The van der Waals surface area contributed by atoms with Crippen LogP contribution in [0.3, 0.4) is 0 Å². The molecular formula is C21H20N2O18S2. The molecule has 0 aliphatic carbocycles. The van der Waals surface area contributed by atoms with E-state index in [9.17, 15) is 51.2 Å². The molecule has 3 rings (SSSR count). The smallest absolute Gasteiger partial charge is 0.397 e. The molecule has 1 fully saturated rings. The van der Waals surface area contributed by atoms with Gasteiger partial charge in [0.05, 0.1) is 27.6 Å². The summed E-state index contributed by atoms with van der Waals surface area (Å²) in [5, 5.41) is 21.9. The zero-order chi connectivity index (χ0) is 32.1. The van der Waals surface area contributed by atoms with Crippen LogP contribution in [0.15, 0.2) is 48.5 Å². The van der Waals surface area contributed by atoms with Crippen molar-refractivity contribution in [1.82, 2.24) is 0 Å². The molecule has 0 unspecified atom stereocenters. The van der Waals surface area contributed by atoms with Gasteiger partial charge in [-0.15, -0.1) is 0 Å². The fourth-order valence-corrected chi connectivity index (χ4v) is 4.51. The van der Waals surface area contributed by atoms with Gasteiger partial charge in [0.25, 0.3) is 11.4 Å². The predicted molar refractivity (Wildman–Crippen MR) is 134 cm³/mol. The van der Waals surface area contributed by atoms with Crippen LogP contribution < -0.4 is 0 Å². The second-order valence-corrected chi connectivity index (χ2v) is 10.5. The highest BCUT2D eigenvalue weighted by Gasteiger charge is 2.53. The van der Waals surface area contributed by atoms with E-state index in [1.807, 2.05) is 0 Å². The molecule has 0 saturated carbocycles. The standard InChI is InChI=1S/C21H20N2O18S2/c1-36-21-18(40-20(25)12-4-8-14(9-5-12)23(28)29)17(39-19(24)11-2-6-13(7-3-11)22(26)27)16(41-43(33,34)35)15(38-21)10-37-42(30,31)32/h2-9,15-18,21H,10H2,1H3,(H,30,31,32)(H,33,34,35)/t15-,16-,17+,18-,21-/m1/s1. The first-order chi connectivity index (χ1) is 20.0. The average molecular weight is 653 g/mol. The highest BCUT2D eigenvalue weighted by Crippen LogP contribution is 2.31. The van der Waals surface area contributed by atoms with Crippen LogP contribution in [0.4, 0.5) is 11.4 Å². The van der Waals surface area contributed by atoms with Crippen molar-refractivity contribution in [1.29, 1.82) is 0 Å². The van der Waals surface area contributed by atoms with Gasteiger partial charge >= 0.3 is 32.7 Å². The molecule has 2 N–H and O–H groups in total. The average Bonchev–Trinajstić information content (AvgIpc) is 2.92. The molecular weight excluding hydrogens is 632 g/mol. The van der Waals surface area contributed by atoms with Crippen molar-refractivity contribution in [3.63, 3.8) is 0 Å². The number of non-ortho nitro benzene ring substituents is 2. The van der Waals surface area contributed by atoms with Crippen molar-refractivity contribution in [2.24, 2.45) is 0 Å². The van der Waals surface area contributed by atoms with Crippen LogP contribution >= 0.6 is 0 Å². The molecule has 0 spiro atoms. The molecule has 1 aliphatic rings. The minimum Gasteiger partial charge on any atom is -0.452 e. The summed E-state index contributed by atoms with van der Waals surface area (Å²) in [4.78, 5) is 46.3. The molecule has 43 heavy (non-hydrogen) atoms. The van der Waals surface area contributed by atoms with Crippen molar-refractivity contribution in [2.75, 3.05) is 13.7 Å². The first-order valence-corrected chi connectivity index (χ1v) is 14.1. The molecule has 0 aromatic heterocycles. The number of esters is 2. The van der Waals surface area contributed by atoms with Gasteiger partial charge in [0.2, 0.25) is 0 Å². The quantitative estimate of drug-likeness (QED) is 0.137. The first-order valence-electron chi connectivity index (χ1n) is 11.4. The van der Waals surface area contributed by atoms with Gasteiger partial charge < -0.3 is 18.9 Å². The van der Waals surface area contributed by atoms with Gasteiger partial charge in [-0.3, -0.25) is 29.3 Å². The summed E-state index contributed by atoms with van der Waals surface area (Å²) in [6.45, 7) is -1.21. The van der Waals surface area contributed by atoms with E-state index < -0.39 is 85.6 Å². The Morgan fingerprint density at radius 3 is 1.60 bits per heavy atom. The highest BCUT2D eigenvalue weighted by atomic mass is 32.3. The van der Waals surface area contributed by atoms with Gasteiger partial charge in [-0.2, -0.15) is 16.8 Å². The summed E-state index contributed by atoms with van der Waals surface area (Å²) in [5.74, 6) is -2.55. The van der Waals surface area contributed by atoms with Crippen molar-refractivity contribution in [3.8, 4) is 0 Å². The van der Waals surface area contributed by atoms with Crippen LogP contribution in [0.25, 0.3) is 0 Å². The third kappa shape index (κ3) is 9.16. The SMILES string of the molecule is CO[C@@H]1O[C@H](COS(=O)(=O)O)[C@@H](OS(=O)(=O)O)[C@H](OC(=O)c2ccc([N+](=O)[O-])cc2)[C@H]1OC(=O)c1ccc([N+](=O)[O-])cc1. The Labute approximate surface area is 241 Å². The molecule has 234 valence electrons. The van der Waals surface area contributed by atoms with Crippen LogP contribution in [0.2, 0.25) is 0 Å². The molecule has 1 saturated heterocycles.